The molecule has 47 heavy (non-hydrogen) atoms. The molecule has 1 heterocycles. The fourth-order valence-electron chi connectivity index (χ4n) is 4.91. The van der Waals surface area contributed by atoms with E-state index in [1.807, 2.05) is 25.1 Å². The molecule has 0 bridgehead atoms. The number of amides is 1. The Kier molecular flexibility index (Phi) is 9.84. The Morgan fingerprint density at radius 2 is 1.79 bits per heavy atom. The molecule has 5 aromatic rings. The Balaban J connectivity index is 1.53. The van der Waals surface area contributed by atoms with Crippen LogP contribution in [0.5, 0.6) is 11.5 Å². The van der Waals surface area contributed by atoms with Gasteiger partial charge in [-0.2, -0.15) is 22.9 Å². The summed E-state index contributed by atoms with van der Waals surface area (Å²) in [6.45, 7) is 7.50. The molecule has 8 nitrogen and oxygen atoms in total. The lowest BCUT2D eigenvalue weighted by atomic mass is 10.1. The van der Waals surface area contributed by atoms with Gasteiger partial charge in [0.2, 0.25) is 0 Å². The lowest BCUT2D eigenvalue weighted by Gasteiger charge is -2.17. The van der Waals surface area contributed by atoms with Crippen molar-refractivity contribution in [3.63, 3.8) is 0 Å². The number of fused-ring (bicyclic) bond motifs is 1. The van der Waals surface area contributed by atoms with Crippen LogP contribution in [0.25, 0.3) is 22.3 Å². The molecule has 240 valence electrons. The van der Waals surface area contributed by atoms with Crippen molar-refractivity contribution in [2.75, 3.05) is 18.5 Å². The van der Waals surface area contributed by atoms with Crippen LogP contribution in [0.4, 0.5) is 18.9 Å². The molecule has 0 aliphatic heterocycles. The monoisotopic (exact) mass is 640 g/mol. The number of ether oxygens (including phenoxy) is 2. The van der Waals surface area contributed by atoms with Gasteiger partial charge in [-0.1, -0.05) is 48.5 Å². The number of hydrogen-bond donors (Lipinski definition) is 1. The van der Waals surface area contributed by atoms with Gasteiger partial charge in [-0.25, -0.2) is 4.98 Å². The minimum Gasteiger partial charge on any atom is -0.490 e. The van der Waals surface area contributed by atoms with Gasteiger partial charge in [-0.3, -0.25) is 9.59 Å². The number of nitrogens with one attached hydrogen (secondary N) is 1. The maximum absolute atomic E-state index is 13.6. The van der Waals surface area contributed by atoms with Gasteiger partial charge in [-0.15, -0.1) is 6.58 Å². The van der Waals surface area contributed by atoms with E-state index in [9.17, 15) is 22.8 Å². The maximum atomic E-state index is 13.6. The Bertz CT molecular complexity index is 2040. The van der Waals surface area contributed by atoms with E-state index in [0.29, 0.717) is 40.3 Å². The predicted molar refractivity (Wildman–Crippen MR) is 176 cm³/mol. The number of hydrogen-bond acceptors (Lipinski definition) is 6. The van der Waals surface area contributed by atoms with Gasteiger partial charge < -0.3 is 14.8 Å². The van der Waals surface area contributed by atoms with E-state index in [4.69, 9.17) is 9.47 Å². The first kappa shape index (κ1) is 32.7. The molecule has 0 saturated carbocycles. The maximum Gasteiger partial charge on any atom is 0.416 e. The molecule has 0 aliphatic rings. The quantitative estimate of drug-likeness (QED) is 0.120. The molecule has 0 saturated heterocycles. The molecule has 0 spiro atoms. The van der Waals surface area contributed by atoms with Crippen LogP contribution in [-0.4, -0.2) is 35.0 Å². The van der Waals surface area contributed by atoms with E-state index >= 15 is 0 Å². The molecule has 0 fully saturated rings. The fraction of sp³-hybridized carbons (Fsp3) is 0.167. The highest BCUT2D eigenvalue weighted by Crippen LogP contribution is 2.34. The van der Waals surface area contributed by atoms with Crippen molar-refractivity contribution < 1.29 is 27.4 Å². The minimum atomic E-state index is -4.59. The molecule has 1 amide bonds. The molecular formula is C36H31F3N4O4. The third kappa shape index (κ3) is 7.58. The number of alkyl halides is 3. The first-order chi connectivity index (χ1) is 22.6. The van der Waals surface area contributed by atoms with Gasteiger partial charge in [0, 0.05) is 16.8 Å². The molecule has 0 aliphatic carbocycles. The normalized spacial score (nSPS) is 11.5. The summed E-state index contributed by atoms with van der Waals surface area (Å²) in [5.41, 5.74) is 1.65. The van der Waals surface area contributed by atoms with Crippen molar-refractivity contribution in [3.8, 4) is 22.9 Å². The number of carbonyl (C=O) groups excluding carboxylic acids is 1. The molecule has 1 N–H and O–H groups in total. The topological polar surface area (TPSA) is 94.8 Å². The zero-order valence-corrected chi connectivity index (χ0v) is 25.7. The van der Waals surface area contributed by atoms with Crippen molar-refractivity contribution in [1.29, 1.82) is 0 Å². The molecule has 11 heteroatoms. The van der Waals surface area contributed by atoms with E-state index in [1.165, 1.54) is 18.3 Å². The Hall–Kier alpha value is -5.71. The van der Waals surface area contributed by atoms with Crippen LogP contribution in [0.2, 0.25) is 0 Å². The number of allylic oxidation sites excluding steroid dienone is 1. The number of aryl methyl sites for hydroxylation is 1. The summed E-state index contributed by atoms with van der Waals surface area (Å²) in [4.78, 5) is 30.9. The zero-order chi connectivity index (χ0) is 33.6. The molecule has 0 radical (unpaired) electrons. The third-order valence-corrected chi connectivity index (χ3v) is 7.11. The number of halogens is 3. The number of nitrogens with zero attached hydrogens (tertiary/aromatic N) is 3. The average Bonchev–Trinajstić information content (AvgIpc) is 3.05. The van der Waals surface area contributed by atoms with Gasteiger partial charge in [0.25, 0.3) is 11.5 Å². The average molecular weight is 641 g/mol. The molecule has 0 unspecified atom stereocenters. The third-order valence-electron chi connectivity index (χ3n) is 7.11. The zero-order valence-electron chi connectivity index (χ0n) is 25.7. The van der Waals surface area contributed by atoms with Gasteiger partial charge in [0.15, 0.2) is 23.9 Å². The lowest BCUT2D eigenvalue weighted by Crippen LogP contribution is -2.21. The second-order valence-corrected chi connectivity index (χ2v) is 10.5. The van der Waals surface area contributed by atoms with Gasteiger partial charge in [0.05, 0.1) is 29.3 Å². The van der Waals surface area contributed by atoms with E-state index in [1.54, 1.807) is 55.5 Å². The molecule has 4 aromatic carbocycles. The summed E-state index contributed by atoms with van der Waals surface area (Å²) in [5.74, 6) is 0.256. The van der Waals surface area contributed by atoms with Gasteiger partial charge >= 0.3 is 6.18 Å². The Morgan fingerprint density at radius 1 is 1.02 bits per heavy atom. The molecule has 1 aromatic heterocycles. The van der Waals surface area contributed by atoms with Crippen molar-refractivity contribution in [3.05, 3.63) is 130 Å². The number of anilines is 1. The van der Waals surface area contributed by atoms with E-state index in [0.717, 1.165) is 22.4 Å². The highest BCUT2D eigenvalue weighted by Gasteiger charge is 2.31. The minimum absolute atomic E-state index is 0.0629. The van der Waals surface area contributed by atoms with Crippen LogP contribution < -0.4 is 20.3 Å². The lowest BCUT2D eigenvalue weighted by molar-refractivity contribution is -0.137. The van der Waals surface area contributed by atoms with Crippen molar-refractivity contribution in [2.24, 2.45) is 5.10 Å². The highest BCUT2D eigenvalue weighted by molar-refractivity contribution is 5.92. The standard InChI is InChI=1S/C36H31F3N4O4/c1-4-11-25-18-24(19-31(46-5-2)33(25)47-22-32(44)41-29-16-8-6-12-23(29)3)21-40-43-34(26-13-10-14-27(20-26)36(37,38)39)42-30-17-9-7-15-28(30)35(43)45/h4,6-10,12-21H,1,5,11,22H2,2-3H3,(H,41,44). The van der Waals surface area contributed by atoms with Crippen LogP contribution in [0.1, 0.15) is 29.2 Å². The van der Waals surface area contributed by atoms with Crippen LogP contribution in [0, 0.1) is 6.92 Å². The smallest absolute Gasteiger partial charge is 0.416 e. The van der Waals surface area contributed by atoms with Crippen molar-refractivity contribution in [1.82, 2.24) is 9.66 Å². The second-order valence-electron chi connectivity index (χ2n) is 10.5. The highest BCUT2D eigenvalue weighted by atomic mass is 19.4. The number of rotatable bonds is 11. The van der Waals surface area contributed by atoms with Crippen LogP contribution in [0.15, 0.2) is 107 Å². The predicted octanol–water partition coefficient (Wildman–Crippen LogP) is 7.42. The molecule has 5 rings (SSSR count). The summed E-state index contributed by atoms with van der Waals surface area (Å²) in [6, 6.07) is 21.9. The van der Waals surface area contributed by atoms with Crippen LogP contribution in [0.3, 0.4) is 0 Å². The van der Waals surface area contributed by atoms with Gasteiger partial charge in [0.1, 0.15) is 0 Å². The summed E-state index contributed by atoms with van der Waals surface area (Å²) < 4.78 is 53.5. The summed E-state index contributed by atoms with van der Waals surface area (Å²) >= 11 is 0. The number of aromatic nitrogens is 2. The van der Waals surface area contributed by atoms with Crippen molar-refractivity contribution in [2.45, 2.75) is 26.4 Å². The first-order valence-electron chi connectivity index (χ1n) is 14.7. The summed E-state index contributed by atoms with van der Waals surface area (Å²) in [7, 11) is 0. The van der Waals surface area contributed by atoms with E-state index < -0.39 is 17.3 Å². The number of para-hydroxylation sites is 2. The SMILES string of the molecule is C=CCc1cc(C=Nn2c(-c3cccc(C(F)(F)F)c3)nc3ccccc3c2=O)cc(OCC)c1OCC(=O)Nc1ccccc1C. The number of benzene rings is 4. The fourth-order valence-corrected chi connectivity index (χ4v) is 4.91. The molecular weight excluding hydrogens is 609 g/mol. The second kappa shape index (κ2) is 14.2. The summed E-state index contributed by atoms with van der Waals surface area (Å²) in [5, 5.41) is 7.49. The van der Waals surface area contributed by atoms with Crippen LogP contribution in [-0.2, 0) is 17.4 Å². The number of carbonyl (C=O) groups is 1. The van der Waals surface area contributed by atoms with Crippen LogP contribution >= 0.6 is 0 Å². The largest absolute Gasteiger partial charge is 0.490 e. The Labute approximate surface area is 268 Å². The first-order valence-corrected chi connectivity index (χ1v) is 14.7. The summed E-state index contributed by atoms with van der Waals surface area (Å²) in [6.07, 6.45) is -1.19. The van der Waals surface area contributed by atoms with Gasteiger partial charge in [-0.05, 0) is 73.9 Å². The Morgan fingerprint density at radius 3 is 2.53 bits per heavy atom. The van der Waals surface area contributed by atoms with E-state index in [2.05, 4.69) is 22.0 Å². The van der Waals surface area contributed by atoms with Crippen molar-refractivity contribution >= 4 is 28.7 Å². The van der Waals surface area contributed by atoms with E-state index in [-0.39, 0.29) is 35.9 Å². The molecule has 0 atom stereocenters.